The zero-order valence-corrected chi connectivity index (χ0v) is 19.2. The number of carbonyl (C=O) groups is 3. The smallest absolute Gasteiger partial charge is 0.408 e. The zero-order chi connectivity index (χ0) is 23.3. The first kappa shape index (κ1) is 24.7. The molecule has 3 N–H and O–H groups in total. The minimum Gasteiger partial charge on any atom is -0.444 e. The summed E-state index contributed by atoms with van der Waals surface area (Å²) in [7, 11) is 0. The van der Waals surface area contributed by atoms with Crippen molar-refractivity contribution in [2.24, 2.45) is 5.92 Å². The number of alkyl carbamates (subject to hydrolysis) is 1. The Balaban J connectivity index is 2.37. The van der Waals surface area contributed by atoms with Crippen LogP contribution in [0.25, 0.3) is 0 Å². The molecule has 0 aromatic heterocycles. The van der Waals surface area contributed by atoms with E-state index in [1.165, 1.54) is 4.90 Å². The summed E-state index contributed by atoms with van der Waals surface area (Å²) in [5, 5.41) is 15.2. The van der Waals surface area contributed by atoms with E-state index in [-0.39, 0.29) is 23.9 Å². The van der Waals surface area contributed by atoms with Crippen molar-refractivity contribution in [2.75, 3.05) is 6.61 Å². The van der Waals surface area contributed by atoms with Crippen LogP contribution in [0.15, 0.2) is 30.3 Å². The Bertz CT molecular complexity index is 775. The van der Waals surface area contributed by atoms with Gasteiger partial charge in [-0.3, -0.25) is 9.59 Å². The molecule has 1 aliphatic carbocycles. The van der Waals surface area contributed by atoms with Crippen LogP contribution in [-0.2, 0) is 14.3 Å². The molecule has 1 fully saturated rings. The molecule has 172 valence electrons. The van der Waals surface area contributed by atoms with E-state index in [4.69, 9.17) is 4.74 Å². The largest absolute Gasteiger partial charge is 0.444 e. The molecule has 0 spiro atoms. The maximum Gasteiger partial charge on any atom is 0.408 e. The summed E-state index contributed by atoms with van der Waals surface area (Å²) in [5.41, 5.74) is -0.0799. The van der Waals surface area contributed by atoms with Crippen molar-refractivity contribution in [3.05, 3.63) is 35.9 Å². The lowest BCUT2D eigenvalue weighted by atomic mass is 10.0. The molecule has 1 saturated carbocycles. The summed E-state index contributed by atoms with van der Waals surface area (Å²) in [6, 6.07) is 6.69. The Hall–Kier alpha value is -2.61. The number of hydrogen-bond donors (Lipinski definition) is 3. The highest BCUT2D eigenvalue weighted by Crippen LogP contribution is 2.40. The van der Waals surface area contributed by atoms with Crippen molar-refractivity contribution < 1.29 is 24.2 Å². The van der Waals surface area contributed by atoms with Gasteiger partial charge < -0.3 is 25.4 Å². The Morgan fingerprint density at radius 2 is 1.74 bits per heavy atom. The van der Waals surface area contributed by atoms with E-state index in [1.807, 2.05) is 39.0 Å². The highest BCUT2D eigenvalue weighted by atomic mass is 16.6. The predicted octanol–water partition coefficient (Wildman–Crippen LogP) is 2.37. The molecule has 1 aromatic carbocycles. The first-order valence-electron chi connectivity index (χ1n) is 10.7. The highest BCUT2D eigenvalue weighted by molar-refractivity contribution is 5.92. The molecule has 1 aromatic rings. The van der Waals surface area contributed by atoms with E-state index >= 15 is 0 Å². The molecule has 4 atom stereocenters. The molecule has 0 bridgehead atoms. The number of benzene rings is 1. The number of nitrogens with zero attached hydrogens (tertiary/aromatic N) is 1. The van der Waals surface area contributed by atoms with E-state index in [0.29, 0.717) is 5.56 Å². The Morgan fingerprint density at radius 1 is 1.16 bits per heavy atom. The summed E-state index contributed by atoms with van der Waals surface area (Å²) in [4.78, 5) is 40.4. The molecule has 8 nitrogen and oxygen atoms in total. The maximum atomic E-state index is 13.5. The topological polar surface area (TPSA) is 108 Å². The minimum absolute atomic E-state index is 0.110. The van der Waals surface area contributed by atoms with E-state index in [2.05, 4.69) is 10.6 Å². The Kier molecular flexibility index (Phi) is 8.06. The quantitative estimate of drug-likeness (QED) is 0.583. The standard InChI is InChI=1S/C23H35N3O5/c1-14(2)24-20(28)19(16-10-8-7-9-11-16)26(18-12-15(18)3)21(29)17(13-27)25-22(30)31-23(4,5)6/h7-11,14-15,17-19,27H,12-13H2,1-6H3,(H,24,28)(H,25,30). The predicted molar refractivity (Wildman–Crippen MR) is 117 cm³/mol. The average molecular weight is 434 g/mol. The fourth-order valence-electron chi connectivity index (χ4n) is 3.42. The summed E-state index contributed by atoms with van der Waals surface area (Å²) >= 11 is 0. The molecular weight excluding hydrogens is 398 g/mol. The van der Waals surface area contributed by atoms with Crippen molar-refractivity contribution >= 4 is 17.9 Å². The van der Waals surface area contributed by atoms with Crippen LogP contribution in [0.3, 0.4) is 0 Å². The summed E-state index contributed by atoms with van der Waals surface area (Å²) in [6.45, 7) is 10.2. The van der Waals surface area contributed by atoms with Crippen LogP contribution in [0.2, 0.25) is 0 Å². The van der Waals surface area contributed by atoms with Gasteiger partial charge in [0.1, 0.15) is 17.7 Å². The van der Waals surface area contributed by atoms with Crippen molar-refractivity contribution in [3.63, 3.8) is 0 Å². The number of ether oxygens (including phenoxy) is 1. The summed E-state index contributed by atoms with van der Waals surface area (Å²) in [5.74, 6) is -0.610. The van der Waals surface area contributed by atoms with Gasteiger partial charge in [-0.1, -0.05) is 37.3 Å². The molecule has 4 unspecified atom stereocenters. The van der Waals surface area contributed by atoms with Crippen molar-refractivity contribution in [1.82, 2.24) is 15.5 Å². The third-order valence-electron chi connectivity index (χ3n) is 4.92. The van der Waals surface area contributed by atoms with Gasteiger partial charge in [-0.15, -0.1) is 0 Å². The van der Waals surface area contributed by atoms with Crippen molar-refractivity contribution in [3.8, 4) is 0 Å². The van der Waals surface area contributed by atoms with Gasteiger partial charge in [-0.2, -0.15) is 0 Å². The normalized spacial score (nSPS) is 19.9. The van der Waals surface area contributed by atoms with Gasteiger partial charge in [-0.25, -0.2) is 4.79 Å². The second kappa shape index (κ2) is 10.1. The van der Waals surface area contributed by atoms with Crippen LogP contribution in [0.1, 0.15) is 59.6 Å². The van der Waals surface area contributed by atoms with Gasteiger partial charge in [0.15, 0.2) is 0 Å². The van der Waals surface area contributed by atoms with E-state index in [0.717, 1.165) is 6.42 Å². The lowest BCUT2D eigenvalue weighted by Gasteiger charge is -2.35. The van der Waals surface area contributed by atoms with Gasteiger partial charge >= 0.3 is 6.09 Å². The molecule has 0 saturated heterocycles. The van der Waals surface area contributed by atoms with Crippen molar-refractivity contribution in [2.45, 2.75) is 77.7 Å². The molecule has 0 aliphatic heterocycles. The second-order valence-electron chi connectivity index (χ2n) is 9.38. The highest BCUT2D eigenvalue weighted by Gasteiger charge is 2.48. The number of aliphatic hydroxyl groups excluding tert-OH is 1. The van der Waals surface area contributed by atoms with Crippen LogP contribution in [0, 0.1) is 5.92 Å². The summed E-state index contributed by atoms with van der Waals surface area (Å²) < 4.78 is 5.23. The molecule has 0 radical (unpaired) electrons. The third kappa shape index (κ3) is 6.95. The molecule has 2 rings (SSSR count). The number of carbonyl (C=O) groups excluding carboxylic acids is 3. The monoisotopic (exact) mass is 433 g/mol. The number of rotatable bonds is 8. The molecule has 8 heteroatoms. The van der Waals surface area contributed by atoms with Crippen LogP contribution >= 0.6 is 0 Å². The maximum absolute atomic E-state index is 13.5. The van der Waals surface area contributed by atoms with E-state index in [1.54, 1.807) is 32.9 Å². The van der Waals surface area contributed by atoms with Crippen LogP contribution in [0.5, 0.6) is 0 Å². The van der Waals surface area contributed by atoms with Gasteiger partial charge in [-0.05, 0) is 52.5 Å². The van der Waals surface area contributed by atoms with Crippen molar-refractivity contribution in [1.29, 1.82) is 0 Å². The first-order valence-corrected chi connectivity index (χ1v) is 10.7. The second-order valence-corrected chi connectivity index (χ2v) is 9.38. The average Bonchev–Trinajstić information content (AvgIpc) is 3.38. The SMILES string of the molecule is CC(C)NC(=O)C(c1ccccc1)N(C(=O)C(CO)NC(=O)OC(C)(C)C)C1CC1C. The van der Waals surface area contributed by atoms with Crippen LogP contribution < -0.4 is 10.6 Å². The van der Waals surface area contributed by atoms with Gasteiger partial charge in [0.05, 0.1) is 6.61 Å². The number of hydrogen-bond acceptors (Lipinski definition) is 5. The lowest BCUT2D eigenvalue weighted by Crippen LogP contribution is -2.55. The van der Waals surface area contributed by atoms with Crippen LogP contribution in [0.4, 0.5) is 4.79 Å². The Labute approximate surface area is 184 Å². The van der Waals surface area contributed by atoms with E-state index < -0.39 is 36.3 Å². The molecule has 31 heavy (non-hydrogen) atoms. The lowest BCUT2D eigenvalue weighted by molar-refractivity contribution is -0.144. The first-order chi connectivity index (χ1) is 14.4. The van der Waals surface area contributed by atoms with Gasteiger partial charge in [0, 0.05) is 12.1 Å². The van der Waals surface area contributed by atoms with E-state index in [9.17, 15) is 19.5 Å². The van der Waals surface area contributed by atoms with Gasteiger partial charge in [0.25, 0.3) is 0 Å². The van der Waals surface area contributed by atoms with Crippen LogP contribution in [-0.4, -0.2) is 58.2 Å². The fraction of sp³-hybridized carbons (Fsp3) is 0.609. The number of amides is 3. The number of aliphatic hydroxyl groups is 1. The summed E-state index contributed by atoms with van der Waals surface area (Å²) in [6.07, 6.45) is -0.0548. The molecule has 3 amide bonds. The third-order valence-corrected chi connectivity index (χ3v) is 4.92. The zero-order valence-electron chi connectivity index (χ0n) is 19.2. The molecule has 0 heterocycles. The van der Waals surface area contributed by atoms with Gasteiger partial charge in [0.2, 0.25) is 11.8 Å². The minimum atomic E-state index is -1.22. The molecule has 1 aliphatic rings. The molecular formula is C23H35N3O5. The Morgan fingerprint density at radius 3 is 2.19 bits per heavy atom. The fourth-order valence-corrected chi connectivity index (χ4v) is 3.42. The number of nitrogens with one attached hydrogen (secondary N) is 2.